The summed E-state index contributed by atoms with van der Waals surface area (Å²) in [6.45, 7) is 2.85. The predicted molar refractivity (Wildman–Crippen MR) is 116 cm³/mol. The first-order valence-corrected chi connectivity index (χ1v) is 11.7. The van der Waals surface area contributed by atoms with E-state index in [1.807, 2.05) is 18.5 Å². The van der Waals surface area contributed by atoms with Crippen molar-refractivity contribution < 1.29 is 4.79 Å². The molecule has 150 valence electrons. The number of anilines is 2. The Morgan fingerprint density at radius 2 is 2.15 bits per heavy atom. The molecule has 1 aromatic rings. The van der Waals surface area contributed by atoms with Gasteiger partial charge in [0.1, 0.15) is 5.82 Å². The van der Waals surface area contributed by atoms with Crippen LogP contribution >= 0.6 is 23.5 Å². The third kappa shape index (κ3) is 5.67. The zero-order chi connectivity index (χ0) is 19.1. The van der Waals surface area contributed by atoms with Crippen LogP contribution in [0.15, 0.2) is 12.3 Å². The Morgan fingerprint density at radius 1 is 1.33 bits per heavy atom. The number of amides is 1. The minimum atomic E-state index is 0.462. The molecule has 0 bridgehead atoms. The minimum absolute atomic E-state index is 0.462. The molecule has 7 heteroatoms. The van der Waals surface area contributed by atoms with Crippen LogP contribution in [0.25, 0.3) is 0 Å². The third-order valence-electron chi connectivity index (χ3n) is 5.83. The summed E-state index contributed by atoms with van der Waals surface area (Å²) >= 11 is 8.02. The van der Waals surface area contributed by atoms with Gasteiger partial charge in [0.05, 0.1) is 16.9 Å². The Balaban J connectivity index is 1.55. The van der Waals surface area contributed by atoms with Crippen molar-refractivity contribution in [2.45, 2.75) is 57.4 Å². The van der Waals surface area contributed by atoms with Crippen LogP contribution in [0, 0.1) is 5.92 Å². The van der Waals surface area contributed by atoms with Crippen LogP contribution in [0.5, 0.6) is 0 Å². The highest BCUT2D eigenvalue weighted by molar-refractivity contribution is 7.99. The lowest BCUT2D eigenvalue weighted by Gasteiger charge is -2.36. The van der Waals surface area contributed by atoms with Gasteiger partial charge < -0.3 is 14.5 Å². The van der Waals surface area contributed by atoms with Gasteiger partial charge in [0.2, 0.25) is 6.41 Å². The molecule has 1 unspecified atom stereocenters. The van der Waals surface area contributed by atoms with Crippen molar-refractivity contribution in [1.29, 1.82) is 0 Å². The topological polar surface area (TPSA) is 48.5 Å². The molecule has 1 saturated heterocycles. The molecule has 3 rings (SSSR count). The smallest absolute Gasteiger partial charge is 0.209 e. The van der Waals surface area contributed by atoms with Gasteiger partial charge in [-0.25, -0.2) is 4.98 Å². The summed E-state index contributed by atoms with van der Waals surface area (Å²) in [5, 5.41) is 0.700. The first-order chi connectivity index (χ1) is 13.2. The number of carbonyl (C=O) groups is 1. The van der Waals surface area contributed by atoms with Gasteiger partial charge in [0.15, 0.2) is 0 Å². The average Bonchev–Trinajstić information content (AvgIpc) is 2.70. The summed E-state index contributed by atoms with van der Waals surface area (Å²) in [7, 11) is 0. The Kier molecular flexibility index (Phi) is 7.94. The van der Waals surface area contributed by atoms with E-state index >= 15 is 0 Å². The lowest BCUT2D eigenvalue weighted by Crippen LogP contribution is -2.40. The van der Waals surface area contributed by atoms with E-state index in [9.17, 15) is 4.79 Å². The number of piperidine rings is 1. The highest BCUT2D eigenvalue weighted by Gasteiger charge is 2.25. The number of hydrogen-bond acceptors (Lipinski definition) is 5. The average molecular weight is 411 g/mol. The maximum absolute atomic E-state index is 11.6. The van der Waals surface area contributed by atoms with Crippen molar-refractivity contribution in [2.24, 2.45) is 5.92 Å². The molecular formula is C20H31ClN4OS. The molecule has 1 aliphatic carbocycles. The van der Waals surface area contributed by atoms with Crippen LogP contribution < -0.4 is 9.62 Å². The van der Waals surface area contributed by atoms with Gasteiger partial charge in [0, 0.05) is 31.9 Å². The molecule has 1 aliphatic heterocycles. The first kappa shape index (κ1) is 20.6. The van der Waals surface area contributed by atoms with E-state index in [1.165, 1.54) is 50.5 Å². The van der Waals surface area contributed by atoms with Crippen LogP contribution in [0.2, 0.25) is 5.02 Å². The van der Waals surface area contributed by atoms with Gasteiger partial charge in [-0.2, -0.15) is 0 Å². The van der Waals surface area contributed by atoms with Crippen molar-refractivity contribution >= 4 is 41.5 Å². The minimum Gasteiger partial charge on any atom is -0.355 e. The highest BCUT2D eigenvalue weighted by atomic mass is 35.5. The maximum Gasteiger partial charge on any atom is 0.209 e. The van der Waals surface area contributed by atoms with Crippen LogP contribution in [-0.2, 0) is 4.79 Å². The summed E-state index contributed by atoms with van der Waals surface area (Å²) in [4.78, 5) is 20.5. The largest absolute Gasteiger partial charge is 0.355 e. The number of pyridine rings is 1. The van der Waals surface area contributed by atoms with Crippen molar-refractivity contribution in [3.05, 3.63) is 17.3 Å². The molecule has 2 fully saturated rings. The normalized spacial score (nSPS) is 21.1. The molecule has 5 nitrogen and oxygen atoms in total. The number of aromatic nitrogens is 1. The van der Waals surface area contributed by atoms with Crippen molar-refractivity contribution in [3.8, 4) is 0 Å². The van der Waals surface area contributed by atoms with Gasteiger partial charge >= 0.3 is 0 Å². The fraction of sp³-hybridized carbons (Fsp3) is 0.700. The Morgan fingerprint density at radius 3 is 2.85 bits per heavy atom. The number of nitrogens with zero attached hydrogens (tertiary/aromatic N) is 3. The van der Waals surface area contributed by atoms with Gasteiger partial charge in [-0.15, -0.1) is 0 Å². The lowest BCUT2D eigenvalue weighted by molar-refractivity contribution is -0.121. The van der Waals surface area contributed by atoms with E-state index in [-0.39, 0.29) is 0 Å². The van der Waals surface area contributed by atoms with E-state index < -0.39 is 0 Å². The van der Waals surface area contributed by atoms with Crippen molar-refractivity contribution in [1.82, 2.24) is 9.88 Å². The molecule has 1 N–H and O–H groups in total. The molecule has 2 heterocycles. The lowest BCUT2D eigenvalue weighted by atomic mass is 9.92. The Hall–Kier alpha value is -1.14. The number of rotatable bonds is 8. The number of nitrogens with one attached hydrogen (secondary N) is 1. The molecule has 1 amide bonds. The highest BCUT2D eigenvalue weighted by Crippen LogP contribution is 2.31. The van der Waals surface area contributed by atoms with Crippen molar-refractivity contribution in [2.75, 3.05) is 35.5 Å². The first-order valence-electron chi connectivity index (χ1n) is 10.1. The molecule has 1 aromatic heterocycles. The van der Waals surface area contributed by atoms with Crippen LogP contribution in [0.1, 0.15) is 51.4 Å². The second kappa shape index (κ2) is 10.4. The molecule has 1 saturated carbocycles. The number of halogens is 1. The van der Waals surface area contributed by atoms with Crippen LogP contribution in [-0.4, -0.2) is 48.2 Å². The van der Waals surface area contributed by atoms with E-state index in [0.717, 1.165) is 50.4 Å². The van der Waals surface area contributed by atoms with Crippen molar-refractivity contribution in [3.63, 3.8) is 0 Å². The van der Waals surface area contributed by atoms with E-state index in [1.54, 1.807) is 0 Å². The van der Waals surface area contributed by atoms with Gasteiger partial charge in [-0.1, -0.05) is 42.8 Å². The molecule has 1 atom stereocenters. The number of carbonyl (C=O) groups excluding carboxylic acids is 1. The molecule has 0 aromatic carbocycles. The second-order valence-corrected chi connectivity index (χ2v) is 8.73. The quantitative estimate of drug-likeness (QED) is 0.491. The van der Waals surface area contributed by atoms with Gasteiger partial charge in [0.25, 0.3) is 0 Å². The second-order valence-electron chi connectivity index (χ2n) is 7.71. The summed E-state index contributed by atoms with van der Waals surface area (Å²) in [6.07, 6.45) is 14.5. The molecule has 0 spiro atoms. The van der Waals surface area contributed by atoms with Gasteiger partial charge in [-0.3, -0.25) is 4.79 Å². The molecule has 2 aliphatic rings. The Bertz CT molecular complexity index is 612. The molecule has 0 radical (unpaired) electrons. The fourth-order valence-electron chi connectivity index (χ4n) is 4.40. The van der Waals surface area contributed by atoms with Gasteiger partial charge in [-0.05, 0) is 44.1 Å². The molecular weight excluding hydrogens is 380 g/mol. The zero-order valence-corrected chi connectivity index (χ0v) is 17.8. The number of hydrogen-bond donors (Lipinski definition) is 1. The van der Waals surface area contributed by atoms with E-state index in [0.29, 0.717) is 17.0 Å². The zero-order valence-electron chi connectivity index (χ0n) is 16.2. The molecule has 27 heavy (non-hydrogen) atoms. The maximum atomic E-state index is 11.6. The third-order valence-corrected chi connectivity index (χ3v) is 6.55. The summed E-state index contributed by atoms with van der Waals surface area (Å²) in [5.41, 5.74) is 0.930. The van der Waals surface area contributed by atoms with E-state index in [4.69, 9.17) is 11.6 Å². The monoisotopic (exact) mass is 410 g/mol. The standard InChI is InChI=1S/C20H31ClN4OS/c1-27-23-17-12-19(21)20(22-13-17)24-10-5-6-16(14-24)9-11-25(15-26)18-7-3-2-4-8-18/h12-13,15-16,18,23H,2-11,14H2,1H3. The summed E-state index contributed by atoms with van der Waals surface area (Å²) in [5.74, 6) is 1.47. The SMILES string of the molecule is CSNc1cnc(N2CCCC(CCN(C=O)C3CCCCC3)C2)c(Cl)c1. The predicted octanol–water partition coefficient (Wildman–Crippen LogP) is 4.82. The van der Waals surface area contributed by atoms with Crippen LogP contribution in [0.3, 0.4) is 0 Å². The summed E-state index contributed by atoms with van der Waals surface area (Å²) < 4.78 is 3.17. The summed E-state index contributed by atoms with van der Waals surface area (Å²) in [6, 6.07) is 2.41. The Labute approximate surface area is 172 Å². The fourth-order valence-corrected chi connectivity index (χ4v) is 5.03. The van der Waals surface area contributed by atoms with Crippen LogP contribution in [0.4, 0.5) is 11.5 Å². The van der Waals surface area contributed by atoms with E-state index in [2.05, 4.69) is 19.5 Å².